The van der Waals surface area contributed by atoms with Crippen LogP contribution in [0.2, 0.25) is 0 Å². The van der Waals surface area contributed by atoms with Gasteiger partial charge in [0.05, 0.1) is 37.9 Å². The van der Waals surface area contributed by atoms with Crippen LogP contribution in [0.1, 0.15) is 39.5 Å². The first-order valence-electron chi connectivity index (χ1n) is 12.1. The summed E-state index contributed by atoms with van der Waals surface area (Å²) < 4.78 is 10.7. The van der Waals surface area contributed by atoms with Crippen molar-refractivity contribution >= 4 is 23.5 Å². The number of nitrogens with zero attached hydrogens (tertiary/aromatic N) is 4. The van der Waals surface area contributed by atoms with Gasteiger partial charge in [0, 0.05) is 24.4 Å². The fraction of sp³-hybridized carbons (Fsp3) is 0.133. The summed E-state index contributed by atoms with van der Waals surface area (Å²) in [5.41, 5.74) is 8.03. The molecule has 190 valence electrons. The summed E-state index contributed by atoms with van der Waals surface area (Å²) in [6.07, 6.45) is 5.50. The highest BCUT2D eigenvalue weighted by atomic mass is 16.5. The minimum absolute atomic E-state index is 0.0252. The second-order valence-electron chi connectivity index (χ2n) is 8.64. The van der Waals surface area contributed by atoms with Crippen LogP contribution in [0.4, 0.5) is 5.69 Å². The third-order valence-corrected chi connectivity index (χ3v) is 6.31. The Hall–Kier alpha value is -4.98. The van der Waals surface area contributed by atoms with E-state index in [-0.39, 0.29) is 11.9 Å². The standard InChI is InChI=1S/C30H27N5O3/c1-37-26-11-5-22(6-12-26)28-19-29(23-7-13-27(38-2)14-8-23)35(34-28)25-9-3-21(4-10-25)20-32-33-30(36)24-15-17-31-18-16-24/h3-18,20,29H,19H2,1-2H3,(H,33,36). The molecule has 2 heterocycles. The first-order chi connectivity index (χ1) is 18.6. The fourth-order valence-corrected chi connectivity index (χ4v) is 4.24. The highest BCUT2D eigenvalue weighted by molar-refractivity contribution is 6.03. The van der Waals surface area contributed by atoms with E-state index in [1.165, 1.54) is 0 Å². The summed E-state index contributed by atoms with van der Waals surface area (Å²) in [6.45, 7) is 0. The van der Waals surface area contributed by atoms with Gasteiger partial charge in [0.1, 0.15) is 11.5 Å². The lowest BCUT2D eigenvalue weighted by Crippen LogP contribution is -2.18. The van der Waals surface area contributed by atoms with E-state index in [4.69, 9.17) is 14.6 Å². The largest absolute Gasteiger partial charge is 0.497 e. The summed E-state index contributed by atoms with van der Waals surface area (Å²) in [7, 11) is 3.32. The molecule has 0 saturated heterocycles. The molecule has 1 aliphatic rings. The van der Waals surface area contributed by atoms with E-state index in [2.05, 4.69) is 27.6 Å². The maximum atomic E-state index is 12.2. The minimum atomic E-state index is -0.292. The number of nitrogens with one attached hydrogen (secondary N) is 1. The van der Waals surface area contributed by atoms with Crippen molar-refractivity contribution in [3.8, 4) is 11.5 Å². The quantitative estimate of drug-likeness (QED) is 0.262. The first kappa shape index (κ1) is 24.7. The average molecular weight is 506 g/mol. The molecule has 8 heteroatoms. The third-order valence-electron chi connectivity index (χ3n) is 6.31. The number of pyridine rings is 1. The van der Waals surface area contributed by atoms with E-state index in [1.807, 2.05) is 65.7 Å². The van der Waals surface area contributed by atoms with Crippen LogP contribution < -0.4 is 19.9 Å². The molecular formula is C30H27N5O3. The van der Waals surface area contributed by atoms with Crippen molar-refractivity contribution < 1.29 is 14.3 Å². The number of carbonyl (C=O) groups excluding carboxylic acids is 1. The van der Waals surface area contributed by atoms with Gasteiger partial charge in [-0.25, -0.2) is 5.43 Å². The Balaban J connectivity index is 1.36. The Labute approximate surface area is 221 Å². The van der Waals surface area contributed by atoms with Crippen LogP contribution in [0.15, 0.2) is 108 Å². The number of hydrogen-bond acceptors (Lipinski definition) is 7. The Morgan fingerprint density at radius 2 is 1.53 bits per heavy atom. The number of aromatic nitrogens is 1. The zero-order chi connectivity index (χ0) is 26.3. The number of ether oxygens (including phenoxy) is 2. The summed E-state index contributed by atoms with van der Waals surface area (Å²) in [4.78, 5) is 16.1. The van der Waals surface area contributed by atoms with Crippen molar-refractivity contribution in [1.82, 2.24) is 10.4 Å². The van der Waals surface area contributed by atoms with E-state index >= 15 is 0 Å². The Kier molecular flexibility index (Phi) is 7.40. The molecule has 5 rings (SSSR count). The summed E-state index contributed by atoms with van der Waals surface area (Å²) >= 11 is 0. The molecular weight excluding hydrogens is 478 g/mol. The number of carbonyl (C=O) groups is 1. The number of hydrazone groups is 2. The number of hydrogen-bond donors (Lipinski definition) is 1. The van der Waals surface area contributed by atoms with Crippen molar-refractivity contribution in [3.63, 3.8) is 0 Å². The Morgan fingerprint density at radius 1 is 0.895 bits per heavy atom. The Morgan fingerprint density at radius 3 is 2.16 bits per heavy atom. The van der Waals surface area contributed by atoms with Crippen LogP contribution in [-0.2, 0) is 0 Å². The molecule has 1 aromatic heterocycles. The lowest BCUT2D eigenvalue weighted by atomic mass is 9.98. The van der Waals surface area contributed by atoms with Gasteiger partial charge in [-0.15, -0.1) is 0 Å². The third kappa shape index (κ3) is 5.54. The lowest BCUT2D eigenvalue weighted by molar-refractivity contribution is 0.0955. The lowest BCUT2D eigenvalue weighted by Gasteiger charge is -2.24. The van der Waals surface area contributed by atoms with Crippen LogP contribution in [-0.4, -0.2) is 37.0 Å². The summed E-state index contributed by atoms with van der Waals surface area (Å²) in [5, 5.41) is 11.1. The molecule has 0 radical (unpaired) electrons. The van der Waals surface area contributed by atoms with Gasteiger partial charge in [-0.2, -0.15) is 10.2 Å². The molecule has 1 unspecified atom stereocenters. The van der Waals surface area contributed by atoms with Gasteiger partial charge in [-0.1, -0.05) is 24.3 Å². The molecule has 1 amide bonds. The minimum Gasteiger partial charge on any atom is -0.497 e. The van der Waals surface area contributed by atoms with Crippen molar-refractivity contribution in [3.05, 3.63) is 120 Å². The number of anilines is 1. The topological polar surface area (TPSA) is 88.4 Å². The monoisotopic (exact) mass is 505 g/mol. The van der Waals surface area contributed by atoms with Gasteiger partial charge < -0.3 is 9.47 Å². The molecule has 4 aromatic rings. The molecule has 1 N–H and O–H groups in total. The van der Waals surface area contributed by atoms with Crippen molar-refractivity contribution in [1.29, 1.82) is 0 Å². The van der Waals surface area contributed by atoms with E-state index < -0.39 is 0 Å². The molecule has 8 nitrogen and oxygen atoms in total. The second-order valence-corrected chi connectivity index (χ2v) is 8.64. The first-order valence-corrected chi connectivity index (χ1v) is 12.1. The van der Waals surface area contributed by atoms with Crippen LogP contribution in [0.5, 0.6) is 11.5 Å². The van der Waals surface area contributed by atoms with Gasteiger partial charge in [-0.05, 0) is 77.4 Å². The average Bonchev–Trinajstić information content (AvgIpc) is 3.43. The van der Waals surface area contributed by atoms with Crippen molar-refractivity contribution in [2.45, 2.75) is 12.5 Å². The van der Waals surface area contributed by atoms with Crippen molar-refractivity contribution in [2.75, 3.05) is 19.2 Å². The molecule has 3 aromatic carbocycles. The molecule has 0 aliphatic carbocycles. The molecule has 1 aliphatic heterocycles. The van der Waals surface area contributed by atoms with Gasteiger partial charge in [-0.3, -0.25) is 14.8 Å². The highest BCUT2D eigenvalue weighted by Crippen LogP contribution is 2.37. The molecule has 0 fully saturated rings. The SMILES string of the molecule is COc1ccc(C2=NN(c3ccc(C=NNC(=O)c4ccncc4)cc3)C(c3ccc(OC)cc3)C2)cc1. The van der Waals surface area contributed by atoms with Gasteiger partial charge >= 0.3 is 0 Å². The number of benzene rings is 3. The molecule has 0 bridgehead atoms. The van der Waals surface area contributed by atoms with E-state index in [0.29, 0.717) is 5.56 Å². The van der Waals surface area contributed by atoms with Gasteiger partial charge in [0.15, 0.2) is 0 Å². The number of methoxy groups -OCH3 is 2. The number of amides is 1. The van der Waals surface area contributed by atoms with Crippen LogP contribution in [0.3, 0.4) is 0 Å². The smallest absolute Gasteiger partial charge is 0.271 e. The van der Waals surface area contributed by atoms with E-state index in [0.717, 1.165) is 46.0 Å². The maximum absolute atomic E-state index is 12.2. The molecule has 0 spiro atoms. The summed E-state index contributed by atoms with van der Waals surface area (Å²) in [5.74, 6) is 1.33. The van der Waals surface area contributed by atoms with Gasteiger partial charge in [0.2, 0.25) is 0 Å². The predicted octanol–water partition coefficient (Wildman–Crippen LogP) is 5.22. The van der Waals surface area contributed by atoms with Crippen LogP contribution in [0.25, 0.3) is 0 Å². The molecule has 1 atom stereocenters. The zero-order valence-electron chi connectivity index (χ0n) is 21.1. The van der Waals surface area contributed by atoms with E-state index in [9.17, 15) is 4.79 Å². The Bertz CT molecular complexity index is 1430. The van der Waals surface area contributed by atoms with Crippen molar-refractivity contribution in [2.24, 2.45) is 10.2 Å². The fourth-order valence-electron chi connectivity index (χ4n) is 4.24. The van der Waals surface area contributed by atoms with Gasteiger partial charge in [0.25, 0.3) is 5.91 Å². The molecule has 0 saturated carbocycles. The maximum Gasteiger partial charge on any atom is 0.271 e. The molecule has 38 heavy (non-hydrogen) atoms. The summed E-state index contributed by atoms with van der Waals surface area (Å²) in [6, 6.07) is 27.3. The zero-order valence-corrected chi connectivity index (χ0v) is 21.1. The predicted molar refractivity (Wildman–Crippen MR) is 148 cm³/mol. The second kappa shape index (κ2) is 11.4. The van der Waals surface area contributed by atoms with Crippen LogP contribution in [0, 0.1) is 0 Å². The van der Waals surface area contributed by atoms with E-state index in [1.54, 1.807) is 45.0 Å². The number of rotatable bonds is 8. The normalized spacial score (nSPS) is 14.8. The highest BCUT2D eigenvalue weighted by Gasteiger charge is 2.30. The van der Waals surface area contributed by atoms with Crippen LogP contribution >= 0.6 is 0 Å².